The molecule has 4 nitrogen and oxygen atoms in total. The van der Waals surface area contributed by atoms with Gasteiger partial charge in [0, 0.05) is 0 Å². The highest BCUT2D eigenvalue weighted by molar-refractivity contribution is 6.40. The van der Waals surface area contributed by atoms with Crippen LogP contribution >= 0.6 is 0 Å². The quantitative estimate of drug-likeness (QED) is 0.284. The van der Waals surface area contributed by atoms with Gasteiger partial charge in [-0.05, 0) is 32.1 Å². The van der Waals surface area contributed by atoms with E-state index in [-0.39, 0.29) is 12.3 Å². The van der Waals surface area contributed by atoms with Crippen molar-refractivity contribution in [1.82, 2.24) is 0 Å². The number of carbonyl (C=O) groups is 1. The van der Waals surface area contributed by atoms with Gasteiger partial charge in [-0.2, -0.15) is 0 Å². The summed E-state index contributed by atoms with van der Waals surface area (Å²) in [7, 11) is 0. The predicted octanol–water partition coefficient (Wildman–Crippen LogP) is 2.22. The second-order valence-corrected chi connectivity index (χ2v) is 3.71. The molecule has 0 aliphatic rings. The van der Waals surface area contributed by atoms with Gasteiger partial charge in [0.25, 0.3) is 0 Å². The lowest BCUT2D eigenvalue weighted by Gasteiger charge is -1.97. The highest BCUT2D eigenvalue weighted by atomic mass is 16.5. The Labute approximate surface area is 100 Å². The number of hydrogen-bond acceptors (Lipinski definition) is 3. The molecule has 0 unspecified atom stereocenters. The second kappa shape index (κ2) is 6.40. The van der Waals surface area contributed by atoms with Gasteiger partial charge in [-0.1, -0.05) is 23.8 Å². The molecule has 0 radical (unpaired) electrons. The van der Waals surface area contributed by atoms with Crippen molar-refractivity contribution < 1.29 is 14.3 Å². The zero-order valence-electron chi connectivity index (χ0n) is 9.93. The van der Waals surface area contributed by atoms with Crippen molar-refractivity contribution in [2.24, 2.45) is 0 Å². The van der Waals surface area contributed by atoms with Crippen LogP contribution in [0.2, 0.25) is 0 Å². The molecule has 4 heteroatoms. The first-order valence-corrected chi connectivity index (χ1v) is 5.25. The van der Waals surface area contributed by atoms with Gasteiger partial charge < -0.3 is 4.74 Å². The Morgan fingerprint density at radius 2 is 2.00 bits per heavy atom. The summed E-state index contributed by atoms with van der Waals surface area (Å²) in [6, 6.07) is 8.83. The van der Waals surface area contributed by atoms with E-state index in [4.69, 9.17) is 10.3 Å². The van der Waals surface area contributed by atoms with Crippen LogP contribution in [0.4, 0.5) is 0 Å². The summed E-state index contributed by atoms with van der Waals surface area (Å²) in [4.78, 5) is 14.9. The van der Waals surface area contributed by atoms with Crippen molar-refractivity contribution in [3.8, 4) is 0 Å². The number of allylic oxidation sites excluding steroid dienone is 1. The van der Waals surface area contributed by atoms with Gasteiger partial charge >= 0.3 is 11.7 Å². The third kappa shape index (κ3) is 4.05. The van der Waals surface area contributed by atoms with Gasteiger partial charge in [0.2, 0.25) is 0 Å². The maximum absolute atomic E-state index is 11.7. The maximum atomic E-state index is 11.7. The Balaban J connectivity index is 2.74. The normalized spacial score (nSPS) is 9.06. The third-order valence-electron chi connectivity index (χ3n) is 2.06. The molecule has 0 saturated carbocycles. The Morgan fingerprint density at radius 3 is 2.53 bits per heavy atom. The highest BCUT2D eigenvalue weighted by Gasteiger charge is 2.26. The molecule has 0 aromatic heterocycles. The largest absolute Gasteiger partial charge is 0.455 e. The third-order valence-corrected chi connectivity index (χ3v) is 2.06. The van der Waals surface area contributed by atoms with Gasteiger partial charge in [-0.15, -0.1) is 0 Å². The molecule has 88 valence electrons. The average molecular weight is 231 g/mol. The zero-order chi connectivity index (χ0) is 12.7. The lowest BCUT2D eigenvalue weighted by molar-refractivity contribution is -0.151. The van der Waals surface area contributed by atoms with Crippen molar-refractivity contribution in [1.29, 1.82) is 5.53 Å². The minimum Gasteiger partial charge on any atom is -0.452 e. The molecule has 0 amide bonds. The first-order valence-electron chi connectivity index (χ1n) is 5.25. The number of benzene rings is 1. The van der Waals surface area contributed by atoms with E-state index in [0.717, 1.165) is 5.57 Å². The van der Waals surface area contributed by atoms with Gasteiger partial charge in [-0.3, -0.25) is 0 Å². The number of carbonyl (C=O) groups excluding carboxylic acids is 1. The lowest BCUT2D eigenvalue weighted by atomic mass is 10.1. The van der Waals surface area contributed by atoms with E-state index in [9.17, 15) is 4.79 Å². The van der Waals surface area contributed by atoms with Crippen molar-refractivity contribution in [3.05, 3.63) is 47.5 Å². The van der Waals surface area contributed by atoms with Gasteiger partial charge in [0.1, 0.15) is 6.61 Å². The van der Waals surface area contributed by atoms with E-state index in [1.165, 1.54) is 0 Å². The van der Waals surface area contributed by atoms with E-state index < -0.39 is 5.97 Å². The Morgan fingerprint density at radius 1 is 1.35 bits per heavy atom. The smallest absolute Gasteiger partial charge is 0.452 e. The standard InChI is InChI=1S/C13H15N2O2/c1-10(2)8-9-17-13(16)12(15-14)11-6-4-3-5-7-11/h3-8,14H,9H2,1-2H3/q+1. The van der Waals surface area contributed by atoms with Crippen LogP contribution in [0.5, 0.6) is 0 Å². The molecular formula is C13H15N2O2+. The number of rotatable bonds is 4. The molecule has 1 rings (SSSR count). The molecule has 17 heavy (non-hydrogen) atoms. The summed E-state index contributed by atoms with van der Waals surface area (Å²) in [6.07, 6.45) is 1.80. The van der Waals surface area contributed by atoms with Crippen molar-refractivity contribution in [2.45, 2.75) is 13.8 Å². The van der Waals surface area contributed by atoms with Crippen LogP contribution in [0.1, 0.15) is 19.4 Å². The minimum absolute atomic E-state index is 0.0211. The predicted molar refractivity (Wildman–Crippen MR) is 63.9 cm³/mol. The van der Waals surface area contributed by atoms with Crippen LogP contribution in [0.3, 0.4) is 0 Å². The number of ether oxygens (including phenoxy) is 1. The molecule has 0 heterocycles. The molecule has 1 aromatic carbocycles. The maximum Gasteiger partial charge on any atom is 0.455 e. The number of hydrogen-bond donors (Lipinski definition) is 1. The fraction of sp³-hybridized carbons (Fsp3) is 0.231. The second-order valence-electron chi connectivity index (χ2n) is 3.71. The van der Waals surface area contributed by atoms with E-state index in [1.54, 1.807) is 30.3 Å². The van der Waals surface area contributed by atoms with Crippen LogP contribution < -0.4 is 0 Å². The highest BCUT2D eigenvalue weighted by Crippen LogP contribution is 2.01. The molecule has 1 aromatic rings. The lowest BCUT2D eigenvalue weighted by Crippen LogP contribution is -2.20. The Kier molecular flexibility index (Phi) is 4.85. The Hall–Kier alpha value is -2.19. The molecule has 0 aliphatic heterocycles. The molecule has 0 atom stereocenters. The first kappa shape index (κ1) is 12.9. The molecule has 0 saturated heterocycles. The Bertz CT molecular complexity index is 467. The average Bonchev–Trinajstić information content (AvgIpc) is 2.31. The van der Waals surface area contributed by atoms with Crippen LogP contribution in [-0.2, 0) is 9.53 Å². The van der Waals surface area contributed by atoms with E-state index in [1.807, 2.05) is 19.9 Å². The van der Waals surface area contributed by atoms with Crippen LogP contribution in [0.15, 0.2) is 42.0 Å². The SMILES string of the molecule is CC(C)=CCOC(=O)C(=[N+]=N)c1ccccc1. The number of esters is 1. The molecule has 1 N–H and O–H groups in total. The summed E-state index contributed by atoms with van der Waals surface area (Å²) in [5.74, 6) is -0.580. The topological polar surface area (TPSA) is 64.2 Å². The van der Waals surface area contributed by atoms with Crippen LogP contribution in [-0.4, -0.2) is 23.1 Å². The summed E-state index contributed by atoms with van der Waals surface area (Å²) in [6.45, 7) is 4.04. The zero-order valence-corrected chi connectivity index (χ0v) is 9.93. The summed E-state index contributed by atoms with van der Waals surface area (Å²) in [5.41, 5.74) is 8.70. The van der Waals surface area contributed by atoms with Crippen LogP contribution in [0, 0.1) is 5.53 Å². The molecule has 0 fully saturated rings. The number of nitrogens with zero attached hydrogens (tertiary/aromatic N) is 1. The number of nitrogens with one attached hydrogen (secondary N) is 1. The summed E-state index contributed by atoms with van der Waals surface area (Å²) >= 11 is 0. The molecule has 0 spiro atoms. The first-order chi connectivity index (χ1) is 8.15. The van der Waals surface area contributed by atoms with E-state index in [2.05, 4.69) is 4.79 Å². The summed E-state index contributed by atoms with van der Waals surface area (Å²) in [5, 5.41) is 0. The van der Waals surface area contributed by atoms with Crippen molar-refractivity contribution in [2.75, 3.05) is 6.61 Å². The molecule has 0 bridgehead atoms. The summed E-state index contributed by atoms with van der Waals surface area (Å²) < 4.78 is 4.99. The van der Waals surface area contributed by atoms with Crippen molar-refractivity contribution in [3.63, 3.8) is 0 Å². The molecular weight excluding hydrogens is 216 g/mol. The van der Waals surface area contributed by atoms with Gasteiger partial charge in [0.15, 0.2) is 0 Å². The van der Waals surface area contributed by atoms with E-state index >= 15 is 0 Å². The van der Waals surface area contributed by atoms with Crippen LogP contribution in [0.25, 0.3) is 0 Å². The van der Waals surface area contributed by atoms with Crippen molar-refractivity contribution >= 4 is 11.7 Å². The minimum atomic E-state index is -0.580. The van der Waals surface area contributed by atoms with E-state index in [0.29, 0.717) is 5.56 Å². The monoisotopic (exact) mass is 231 g/mol. The van der Waals surface area contributed by atoms with Gasteiger partial charge in [0.05, 0.1) is 15.9 Å². The molecule has 0 aliphatic carbocycles. The fourth-order valence-corrected chi connectivity index (χ4v) is 1.18. The van der Waals surface area contributed by atoms with Gasteiger partial charge in [-0.25, -0.2) is 4.79 Å². The fourth-order valence-electron chi connectivity index (χ4n) is 1.18.